The summed E-state index contributed by atoms with van der Waals surface area (Å²) in [6.45, 7) is -0.711. The Morgan fingerprint density at radius 2 is 1.59 bits per heavy atom. The van der Waals surface area contributed by atoms with Crippen LogP contribution in [0.25, 0.3) is 0 Å². The lowest BCUT2D eigenvalue weighted by atomic mass is 10.00. The number of H-pyrrole nitrogens is 1. The van der Waals surface area contributed by atoms with Crippen LogP contribution in [0.2, 0.25) is 0 Å². The zero-order chi connectivity index (χ0) is 27.9. The number of aromatic nitrogens is 2. The van der Waals surface area contributed by atoms with Gasteiger partial charge in [0.1, 0.15) is 42.7 Å². The van der Waals surface area contributed by atoms with Crippen LogP contribution in [0.1, 0.15) is 11.8 Å². The smallest absolute Gasteiger partial charge is 0.330 e. The second-order valence-electron chi connectivity index (χ2n) is 8.10. The SMILES string of the molecule is Cc1cn(C2OC(COP(=O)([O-])OP(=O)([O-])OC3OC(CO)C(O)C(O)C3O)C(O)C2O)c(=O)[nH]c1=O. The van der Waals surface area contributed by atoms with E-state index in [1.54, 1.807) is 0 Å². The van der Waals surface area contributed by atoms with Crippen LogP contribution in [0.3, 0.4) is 0 Å². The van der Waals surface area contributed by atoms with E-state index in [1.165, 1.54) is 6.92 Å². The number of aliphatic hydroxyl groups is 6. The Kier molecular flexibility index (Phi) is 9.28. The summed E-state index contributed by atoms with van der Waals surface area (Å²) in [5.74, 6) is 0. The van der Waals surface area contributed by atoms with Crippen LogP contribution >= 0.6 is 15.6 Å². The van der Waals surface area contributed by atoms with Crippen molar-refractivity contribution in [1.29, 1.82) is 0 Å². The van der Waals surface area contributed by atoms with Gasteiger partial charge < -0.3 is 54.4 Å². The molecule has 2 saturated heterocycles. The first kappa shape index (κ1) is 30.2. The summed E-state index contributed by atoms with van der Waals surface area (Å²) in [5.41, 5.74) is -1.68. The third kappa shape index (κ3) is 6.80. The summed E-state index contributed by atoms with van der Waals surface area (Å²) >= 11 is 0. The molecule has 2 fully saturated rings. The summed E-state index contributed by atoms with van der Waals surface area (Å²) < 4.78 is 47.3. The lowest BCUT2D eigenvalue weighted by Crippen LogP contribution is -2.59. The van der Waals surface area contributed by atoms with E-state index in [9.17, 15) is 54.0 Å². The molecule has 2 aliphatic heterocycles. The van der Waals surface area contributed by atoms with Gasteiger partial charge in [-0.05, 0) is 6.92 Å². The van der Waals surface area contributed by atoms with Crippen LogP contribution in [0.5, 0.6) is 0 Å². The number of aromatic amines is 1. The van der Waals surface area contributed by atoms with Gasteiger partial charge in [0.15, 0.2) is 12.5 Å². The number of nitrogens with one attached hydrogen (secondary N) is 1. The molecule has 2 aliphatic rings. The van der Waals surface area contributed by atoms with Gasteiger partial charge in [0.2, 0.25) is 0 Å². The monoisotopic (exact) mass is 578 g/mol. The number of ether oxygens (including phenoxy) is 2. The van der Waals surface area contributed by atoms with Crippen molar-refractivity contribution in [1.82, 2.24) is 9.55 Å². The Hall–Kier alpha value is -1.38. The maximum atomic E-state index is 12.0. The van der Waals surface area contributed by atoms with Crippen molar-refractivity contribution in [2.24, 2.45) is 0 Å². The van der Waals surface area contributed by atoms with Crippen molar-refractivity contribution >= 4 is 15.6 Å². The Balaban J connectivity index is 1.63. The van der Waals surface area contributed by atoms with E-state index in [0.29, 0.717) is 0 Å². The normalized spacial score (nSPS) is 37.7. The van der Waals surface area contributed by atoms with E-state index in [0.717, 1.165) is 10.8 Å². The van der Waals surface area contributed by atoms with Gasteiger partial charge in [0.25, 0.3) is 21.2 Å². The lowest BCUT2D eigenvalue weighted by molar-refractivity contribution is -0.305. The first-order valence-electron chi connectivity index (χ1n) is 10.4. The van der Waals surface area contributed by atoms with Crippen molar-refractivity contribution in [3.8, 4) is 0 Å². The van der Waals surface area contributed by atoms with Crippen molar-refractivity contribution in [2.75, 3.05) is 13.2 Å². The third-order valence-electron chi connectivity index (χ3n) is 5.44. The standard InChI is InChI=1S/C16H26N2O17P2/c1-5-2-18(16(26)17-13(5)25)14-11(23)9(21)7(32-14)4-31-36(27,28)35-37(29,30)34-15-12(24)10(22)8(20)6(3-19)33-15/h2,6-12,14-15,19-24H,3-4H2,1H3,(H,27,28)(H,29,30)(H,17,25,26)/p-2. The number of aryl methyl sites for hydroxylation is 1. The summed E-state index contributed by atoms with van der Waals surface area (Å²) in [4.78, 5) is 49.6. The molecule has 0 saturated carbocycles. The molecule has 37 heavy (non-hydrogen) atoms. The molecule has 7 N–H and O–H groups in total. The fourth-order valence-electron chi connectivity index (χ4n) is 3.48. The van der Waals surface area contributed by atoms with Crippen LogP contribution in [0.4, 0.5) is 0 Å². The maximum absolute atomic E-state index is 12.0. The highest BCUT2D eigenvalue weighted by molar-refractivity contribution is 7.59. The van der Waals surface area contributed by atoms with Crippen molar-refractivity contribution in [3.05, 3.63) is 32.6 Å². The van der Waals surface area contributed by atoms with E-state index in [2.05, 4.69) is 13.4 Å². The Labute approximate surface area is 206 Å². The molecule has 11 unspecified atom stereocenters. The van der Waals surface area contributed by atoms with Crippen LogP contribution in [-0.4, -0.2) is 102 Å². The lowest BCUT2D eigenvalue weighted by Gasteiger charge is -2.41. The summed E-state index contributed by atoms with van der Waals surface area (Å²) in [6.07, 6.45) is -15.8. The summed E-state index contributed by atoms with van der Waals surface area (Å²) in [5, 5.41) is 58.6. The second kappa shape index (κ2) is 11.4. The predicted molar refractivity (Wildman–Crippen MR) is 109 cm³/mol. The summed E-state index contributed by atoms with van der Waals surface area (Å²) in [7, 11) is -11.7. The summed E-state index contributed by atoms with van der Waals surface area (Å²) in [6, 6.07) is 0. The minimum atomic E-state index is -5.91. The minimum absolute atomic E-state index is 0.0487. The average molecular weight is 578 g/mol. The second-order valence-corrected chi connectivity index (χ2v) is 11.0. The number of rotatable bonds is 9. The van der Waals surface area contributed by atoms with E-state index >= 15 is 0 Å². The number of hydrogen-bond donors (Lipinski definition) is 7. The molecule has 212 valence electrons. The highest BCUT2D eigenvalue weighted by atomic mass is 31.3. The molecule has 3 heterocycles. The highest BCUT2D eigenvalue weighted by Crippen LogP contribution is 2.57. The zero-order valence-electron chi connectivity index (χ0n) is 18.7. The molecule has 0 spiro atoms. The molecule has 0 aromatic carbocycles. The maximum Gasteiger partial charge on any atom is 0.330 e. The molecule has 0 amide bonds. The van der Waals surface area contributed by atoms with Crippen molar-refractivity contribution in [2.45, 2.75) is 62.2 Å². The molecule has 11 atom stereocenters. The third-order valence-corrected chi connectivity index (χ3v) is 7.97. The van der Waals surface area contributed by atoms with Crippen LogP contribution < -0.4 is 21.0 Å². The molecular weight excluding hydrogens is 554 g/mol. The van der Waals surface area contributed by atoms with Crippen LogP contribution in [0, 0.1) is 6.92 Å². The first-order chi connectivity index (χ1) is 17.1. The van der Waals surface area contributed by atoms with Crippen molar-refractivity contribution in [3.63, 3.8) is 0 Å². The molecule has 19 nitrogen and oxygen atoms in total. The Bertz CT molecular complexity index is 1170. The molecule has 0 radical (unpaired) electrons. The molecule has 0 aliphatic carbocycles. The molecule has 1 aromatic heterocycles. The largest absolute Gasteiger partial charge is 0.756 e. The van der Waals surface area contributed by atoms with Crippen molar-refractivity contribution < 1.29 is 72.4 Å². The topological polar surface area (TPSA) is 303 Å². The minimum Gasteiger partial charge on any atom is -0.756 e. The molecule has 0 bridgehead atoms. The number of phosphoric acid groups is 2. The number of aliphatic hydroxyl groups excluding tert-OH is 6. The predicted octanol–water partition coefficient (Wildman–Crippen LogP) is -5.75. The Morgan fingerprint density at radius 1 is 0.973 bits per heavy atom. The van der Waals surface area contributed by atoms with Crippen LogP contribution in [0.15, 0.2) is 15.8 Å². The average Bonchev–Trinajstić information content (AvgIpc) is 3.08. The molecule has 21 heteroatoms. The van der Waals surface area contributed by atoms with Gasteiger partial charge in [-0.1, -0.05) is 0 Å². The van der Waals surface area contributed by atoms with E-state index in [1.807, 2.05) is 4.98 Å². The van der Waals surface area contributed by atoms with Gasteiger partial charge in [-0.15, -0.1) is 0 Å². The van der Waals surface area contributed by atoms with Gasteiger partial charge >= 0.3 is 5.69 Å². The Morgan fingerprint density at radius 3 is 2.22 bits per heavy atom. The van der Waals surface area contributed by atoms with Crippen LogP contribution in [-0.2, 0) is 32.0 Å². The molecular formula is C16H24N2O17P2-2. The first-order valence-corrected chi connectivity index (χ1v) is 13.3. The number of nitrogens with zero attached hydrogens (tertiary/aromatic N) is 1. The van der Waals surface area contributed by atoms with Gasteiger partial charge in [0, 0.05) is 11.8 Å². The fourth-order valence-corrected chi connectivity index (χ4v) is 5.56. The zero-order valence-corrected chi connectivity index (χ0v) is 20.5. The highest BCUT2D eigenvalue weighted by Gasteiger charge is 2.47. The van der Waals surface area contributed by atoms with Gasteiger partial charge in [-0.3, -0.25) is 28.0 Å². The van der Waals surface area contributed by atoms with Gasteiger partial charge in [-0.25, -0.2) is 9.11 Å². The number of phosphoric ester groups is 2. The quantitative estimate of drug-likeness (QED) is 0.134. The molecule has 1 aromatic rings. The molecule has 3 rings (SSSR count). The number of hydrogen-bond acceptors (Lipinski definition) is 17. The fraction of sp³-hybridized carbons (Fsp3) is 0.750. The van der Waals surface area contributed by atoms with E-state index in [-0.39, 0.29) is 5.56 Å². The van der Waals surface area contributed by atoms with Gasteiger partial charge in [-0.2, -0.15) is 0 Å². The van der Waals surface area contributed by atoms with Gasteiger partial charge in [0.05, 0.1) is 13.2 Å². The van der Waals surface area contributed by atoms with E-state index < -0.39 is 95.4 Å². The van der Waals surface area contributed by atoms with E-state index in [4.69, 9.17) is 14.6 Å².